The molecule has 0 radical (unpaired) electrons. The van der Waals surface area contributed by atoms with Gasteiger partial charge in [0.25, 0.3) is 0 Å². The van der Waals surface area contributed by atoms with Crippen LogP contribution in [0.2, 0.25) is 0 Å². The quantitative estimate of drug-likeness (QED) is 0.459. The lowest BCUT2D eigenvalue weighted by atomic mass is 9.87. The van der Waals surface area contributed by atoms with Crippen molar-refractivity contribution in [3.63, 3.8) is 0 Å². The first-order valence-corrected chi connectivity index (χ1v) is 4.42. The number of nitriles is 1. The molecular formula is C9H15NO4. The first kappa shape index (κ1) is 12.9. The monoisotopic (exact) mass is 201 g/mol. The van der Waals surface area contributed by atoms with Gasteiger partial charge in [-0.3, -0.25) is 4.79 Å². The van der Waals surface area contributed by atoms with Crippen molar-refractivity contribution in [1.29, 1.82) is 5.26 Å². The topological polar surface area (TPSA) is 90.6 Å². The second-order valence-corrected chi connectivity index (χ2v) is 2.99. The Bertz CT molecular complexity index is 209. The van der Waals surface area contributed by atoms with Gasteiger partial charge in [-0.2, -0.15) is 5.26 Å². The summed E-state index contributed by atoms with van der Waals surface area (Å²) in [5.74, 6) is -0.653. The lowest BCUT2D eigenvalue weighted by Crippen LogP contribution is -2.39. The number of carbonyl (C=O) groups is 1. The van der Waals surface area contributed by atoms with Crippen molar-refractivity contribution in [2.24, 2.45) is 5.41 Å². The van der Waals surface area contributed by atoms with Gasteiger partial charge in [-0.05, 0) is 6.42 Å². The van der Waals surface area contributed by atoms with Gasteiger partial charge in [0.05, 0.1) is 25.7 Å². The number of hydrogen-bond donors (Lipinski definition) is 2. The van der Waals surface area contributed by atoms with E-state index >= 15 is 0 Å². The number of aliphatic hydroxyl groups excluding tert-OH is 2. The van der Waals surface area contributed by atoms with E-state index in [1.165, 1.54) is 0 Å². The van der Waals surface area contributed by atoms with Crippen LogP contribution in [-0.2, 0) is 9.53 Å². The van der Waals surface area contributed by atoms with Gasteiger partial charge in [-0.25, -0.2) is 0 Å². The molecule has 0 aliphatic rings. The van der Waals surface area contributed by atoms with Crippen LogP contribution in [-0.4, -0.2) is 36.0 Å². The van der Waals surface area contributed by atoms with Gasteiger partial charge in [-0.15, -0.1) is 0 Å². The summed E-state index contributed by atoms with van der Waals surface area (Å²) in [6.07, 6.45) is 0.410. The smallest absolute Gasteiger partial charge is 0.316 e. The Hall–Kier alpha value is -1.12. The second-order valence-electron chi connectivity index (χ2n) is 2.99. The molecule has 0 bridgehead atoms. The normalized spacial score (nSPS) is 10.7. The SMILES string of the molecule is CCC(CO)(CO)C(=O)OCCC#N. The Labute approximate surface area is 82.9 Å². The van der Waals surface area contributed by atoms with E-state index in [0.29, 0.717) is 6.42 Å². The molecule has 0 saturated carbocycles. The average molecular weight is 201 g/mol. The largest absolute Gasteiger partial charge is 0.464 e. The molecule has 2 N–H and O–H groups in total. The van der Waals surface area contributed by atoms with Crippen LogP contribution in [0.5, 0.6) is 0 Å². The average Bonchev–Trinajstić information content (AvgIpc) is 2.22. The fourth-order valence-corrected chi connectivity index (χ4v) is 0.890. The molecule has 0 rings (SSSR count). The van der Waals surface area contributed by atoms with E-state index in [1.807, 2.05) is 6.07 Å². The Morgan fingerprint density at radius 2 is 2.07 bits per heavy atom. The maximum Gasteiger partial charge on any atom is 0.316 e. The lowest BCUT2D eigenvalue weighted by Gasteiger charge is -2.25. The summed E-state index contributed by atoms with van der Waals surface area (Å²) < 4.78 is 4.74. The molecule has 0 aromatic rings. The number of esters is 1. The van der Waals surface area contributed by atoms with E-state index in [1.54, 1.807) is 6.92 Å². The molecule has 0 aliphatic carbocycles. The standard InChI is InChI=1S/C9H15NO4/c1-2-9(6-11,7-12)8(13)14-5-3-4-10/h11-12H,2-3,5-7H2,1H3. The molecule has 0 fully saturated rings. The molecule has 5 heteroatoms. The number of hydrogen-bond acceptors (Lipinski definition) is 5. The molecule has 80 valence electrons. The minimum atomic E-state index is -1.23. The summed E-state index contributed by atoms with van der Waals surface area (Å²) in [4.78, 5) is 11.4. The molecule has 0 atom stereocenters. The highest BCUT2D eigenvalue weighted by Gasteiger charge is 2.37. The van der Waals surface area contributed by atoms with Crippen molar-refractivity contribution in [2.75, 3.05) is 19.8 Å². The maximum absolute atomic E-state index is 11.4. The summed E-state index contributed by atoms with van der Waals surface area (Å²) in [5.41, 5.74) is -1.23. The summed E-state index contributed by atoms with van der Waals surface area (Å²) in [5, 5.41) is 26.2. The van der Waals surface area contributed by atoms with Crippen molar-refractivity contribution >= 4 is 5.97 Å². The highest BCUT2D eigenvalue weighted by molar-refractivity contribution is 5.77. The van der Waals surface area contributed by atoms with Crippen molar-refractivity contribution in [3.05, 3.63) is 0 Å². The molecule has 0 spiro atoms. The number of carbonyl (C=O) groups excluding carboxylic acids is 1. The van der Waals surface area contributed by atoms with Gasteiger partial charge in [-0.1, -0.05) is 6.92 Å². The molecule has 0 amide bonds. The molecule has 14 heavy (non-hydrogen) atoms. The molecule has 5 nitrogen and oxygen atoms in total. The van der Waals surface area contributed by atoms with Crippen LogP contribution in [0, 0.1) is 16.7 Å². The molecule has 0 aromatic heterocycles. The van der Waals surface area contributed by atoms with Crippen LogP contribution in [0.4, 0.5) is 0 Å². The lowest BCUT2D eigenvalue weighted by molar-refractivity contribution is -0.161. The third kappa shape index (κ3) is 2.98. The van der Waals surface area contributed by atoms with E-state index in [-0.39, 0.29) is 13.0 Å². The molecule has 0 saturated heterocycles. The van der Waals surface area contributed by atoms with E-state index in [4.69, 9.17) is 20.2 Å². The summed E-state index contributed by atoms with van der Waals surface area (Å²) in [6.45, 7) is 0.770. The Morgan fingerprint density at radius 3 is 2.43 bits per heavy atom. The predicted molar refractivity (Wildman–Crippen MR) is 48.1 cm³/mol. The Morgan fingerprint density at radius 1 is 1.50 bits per heavy atom. The predicted octanol–water partition coefficient (Wildman–Crippen LogP) is -0.176. The van der Waals surface area contributed by atoms with Crippen LogP contribution in [0.15, 0.2) is 0 Å². The third-order valence-electron chi connectivity index (χ3n) is 2.16. The van der Waals surface area contributed by atoms with E-state index in [9.17, 15) is 4.79 Å². The van der Waals surface area contributed by atoms with E-state index < -0.39 is 24.6 Å². The summed E-state index contributed by atoms with van der Waals surface area (Å²) in [7, 11) is 0. The Balaban J connectivity index is 4.24. The zero-order valence-electron chi connectivity index (χ0n) is 8.19. The highest BCUT2D eigenvalue weighted by atomic mass is 16.5. The van der Waals surface area contributed by atoms with E-state index in [2.05, 4.69) is 0 Å². The first-order chi connectivity index (χ1) is 6.66. The summed E-state index contributed by atoms with van der Waals surface area (Å²) >= 11 is 0. The molecular weight excluding hydrogens is 186 g/mol. The van der Waals surface area contributed by atoms with Crippen LogP contribution in [0.1, 0.15) is 19.8 Å². The van der Waals surface area contributed by atoms with Crippen LogP contribution < -0.4 is 0 Å². The van der Waals surface area contributed by atoms with E-state index in [0.717, 1.165) is 0 Å². The fraction of sp³-hybridized carbons (Fsp3) is 0.778. The van der Waals surface area contributed by atoms with Gasteiger partial charge >= 0.3 is 5.97 Å². The summed E-state index contributed by atoms with van der Waals surface area (Å²) in [6, 6.07) is 1.83. The molecule has 0 aromatic carbocycles. The molecule has 0 unspecified atom stereocenters. The molecule has 0 heterocycles. The Kier molecular flexibility index (Phi) is 5.84. The van der Waals surface area contributed by atoms with Crippen LogP contribution in [0.25, 0.3) is 0 Å². The van der Waals surface area contributed by atoms with Crippen molar-refractivity contribution in [2.45, 2.75) is 19.8 Å². The van der Waals surface area contributed by atoms with Gasteiger partial charge in [0.15, 0.2) is 0 Å². The third-order valence-corrected chi connectivity index (χ3v) is 2.16. The van der Waals surface area contributed by atoms with Gasteiger partial charge in [0.2, 0.25) is 0 Å². The second kappa shape index (κ2) is 6.35. The maximum atomic E-state index is 11.4. The van der Waals surface area contributed by atoms with Gasteiger partial charge in [0.1, 0.15) is 12.0 Å². The van der Waals surface area contributed by atoms with Crippen LogP contribution >= 0.6 is 0 Å². The van der Waals surface area contributed by atoms with Gasteiger partial charge in [0, 0.05) is 0 Å². The van der Waals surface area contributed by atoms with Crippen LogP contribution in [0.3, 0.4) is 0 Å². The zero-order valence-corrected chi connectivity index (χ0v) is 8.19. The minimum Gasteiger partial charge on any atom is -0.464 e. The highest BCUT2D eigenvalue weighted by Crippen LogP contribution is 2.22. The first-order valence-electron chi connectivity index (χ1n) is 4.42. The number of aliphatic hydroxyl groups is 2. The van der Waals surface area contributed by atoms with Crippen molar-refractivity contribution < 1.29 is 19.7 Å². The number of rotatable bonds is 6. The van der Waals surface area contributed by atoms with Crippen molar-refractivity contribution in [1.82, 2.24) is 0 Å². The van der Waals surface area contributed by atoms with Crippen molar-refractivity contribution in [3.8, 4) is 6.07 Å². The number of ether oxygens (including phenoxy) is 1. The number of nitrogens with zero attached hydrogens (tertiary/aromatic N) is 1. The minimum absolute atomic E-state index is 0.00289. The fourth-order valence-electron chi connectivity index (χ4n) is 0.890. The van der Waals surface area contributed by atoms with Gasteiger partial charge < -0.3 is 14.9 Å². The molecule has 0 aliphatic heterocycles. The zero-order chi connectivity index (χ0) is 11.0.